The molecular formula is C15H17FN2O3. The number of nitrogens with one attached hydrogen (secondary N) is 2. The molecule has 0 bridgehead atoms. The molecule has 0 radical (unpaired) electrons. The minimum atomic E-state index is -0.793. The number of hydrogen-bond acceptors (Lipinski definition) is 3. The molecule has 5 nitrogen and oxygen atoms in total. The molecule has 2 amide bonds. The Morgan fingerprint density at radius 2 is 2.10 bits per heavy atom. The Balaban J connectivity index is 2.13. The van der Waals surface area contributed by atoms with E-state index in [0.29, 0.717) is 18.5 Å². The first-order valence-electron chi connectivity index (χ1n) is 6.60. The summed E-state index contributed by atoms with van der Waals surface area (Å²) in [7, 11) is 1.50. The molecule has 6 heteroatoms. The van der Waals surface area contributed by atoms with Gasteiger partial charge >= 0.3 is 0 Å². The lowest BCUT2D eigenvalue weighted by atomic mass is 9.79. The zero-order valence-corrected chi connectivity index (χ0v) is 11.7. The Kier molecular flexibility index (Phi) is 4.37. The van der Waals surface area contributed by atoms with Crippen LogP contribution in [0.25, 0.3) is 0 Å². The van der Waals surface area contributed by atoms with Crippen LogP contribution in [0, 0.1) is 5.82 Å². The molecule has 0 spiro atoms. The van der Waals surface area contributed by atoms with Gasteiger partial charge < -0.3 is 15.4 Å². The summed E-state index contributed by atoms with van der Waals surface area (Å²) in [4.78, 5) is 23.4. The number of hydrogen-bond donors (Lipinski definition) is 2. The lowest BCUT2D eigenvalue weighted by Crippen LogP contribution is -2.50. The molecule has 0 heterocycles. The number of ether oxygens (including phenoxy) is 1. The average Bonchev–Trinajstić information content (AvgIpc) is 2.41. The summed E-state index contributed by atoms with van der Waals surface area (Å²) in [6.45, 7) is 3.30. The highest BCUT2D eigenvalue weighted by Gasteiger charge is 2.44. The van der Waals surface area contributed by atoms with Gasteiger partial charge in [0.25, 0.3) is 5.91 Å². The van der Waals surface area contributed by atoms with E-state index in [1.54, 1.807) is 0 Å². The smallest absolute Gasteiger partial charge is 0.256 e. The van der Waals surface area contributed by atoms with Crippen molar-refractivity contribution in [2.45, 2.75) is 24.9 Å². The molecule has 112 valence electrons. The third-order valence-corrected chi connectivity index (χ3v) is 3.63. The van der Waals surface area contributed by atoms with E-state index >= 15 is 0 Å². The topological polar surface area (TPSA) is 67.4 Å². The van der Waals surface area contributed by atoms with Gasteiger partial charge in [-0.25, -0.2) is 4.39 Å². The normalized spacial score (nSPS) is 15.7. The third kappa shape index (κ3) is 3.11. The van der Waals surface area contributed by atoms with Gasteiger partial charge in [0, 0.05) is 12.8 Å². The van der Waals surface area contributed by atoms with E-state index in [0.717, 1.165) is 12.5 Å². The predicted octanol–water partition coefficient (Wildman–Crippen LogP) is 2.46. The largest absolute Gasteiger partial charge is 0.368 e. The van der Waals surface area contributed by atoms with E-state index in [1.165, 1.54) is 25.3 Å². The van der Waals surface area contributed by atoms with Crippen molar-refractivity contribution in [3.05, 3.63) is 36.7 Å². The average molecular weight is 292 g/mol. The molecule has 1 aliphatic carbocycles. The summed E-state index contributed by atoms with van der Waals surface area (Å²) in [5, 5.41) is 5.03. The fraction of sp³-hybridized carbons (Fsp3) is 0.333. The summed E-state index contributed by atoms with van der Waals surface area (Å²) in [5.74, 6) is -1.37. The van der Waals surface area contributed by atoms with E-state index in [-0.39, 0.29) is 11.6 Å². The molecule has 2 N–H and O–H groups in total. The fourth-order valence-electron chi connectivity index (χ4n) is 2.15. The lowest BCUT2D eigenvalue weighted by Gasteiger charge is -2.38. The number of amides is 2. The van der Waals surface area contributed by atoms with E-state index in [2.05, 4.69) is 17.2 Å². The van der Waals surface area contributed by atoms with Crippen LogP contribution < -0.4 is 10.6 Å². The van der Waals surface area contributed by atoms with Crippen LogP contribution in [0.3, 0.4) is 0 Å². The molecule has 0 unspecified atom stereocenters. The number of benzene rings is 1. The number of rotatable bonds is 5. The van der Waals surface area contributed by atoms with Gasteiger partial charge in [0.05, 0.1) is 5.69 Å². The molecule has 1 aliphatic rings. The van der Waals surface area contributed by atoms with Crippen molar-refractivity contribution in [1.29, 1.82) is 0 Å². The maximum atomic E-state index is 13.6. The number of halogens is 1. The third-order valence-electron chi connectivity index (χ3n) is 3.63. The van der Waals surface area contributed by atoms with Gasteiger partial charge in [-0.05, 0) is 43.5 Å². The highest BCUT2D eigenvalue weighted by atomic mass is 19.1. The van der Waals surface area contributed by atoms with Gasteiger partial charge in [-0.1, -0.05) is 6.58 Å². The van der Waals surface area contributed by atoms with Gasteiger partial charge in [-0.2, -0.15) is 0 Å². The SMILES string of the molecule is C=CC(=O)Nc1cc(NC(=O)C2(OC)CCC2)ccc1F. The van der Waals surface area contributed by atoms with E-state index in [4.69, 9.17) is 4.74 Å². The van der Waals surface area contributed by atoms with Crippen molar-refractivity contribution < 1.29 is 18.7 Å². The predicted molar refractivity (Wildman–Crippen MR) is 77.4 cm³/mol. The summed E-state index contributed by atoms with van der Waals surface area (Å²) in [6, 6.07) is 3.96. The second kappa shape index (κ2) is 6.05. The zero-order chi connectivity index (χ0) is 15.5. The number of carbonyl (C=O) groups is 2. The Bertz CT molecular complexity index is 577. The van der Waals surface area contributed by atoms with Gasteiger partial charge in [-0.15, -0.1) is 0 Å². The van der Waals surface area contributed by atoms with Crippen molar-refractivity contribution >= 4 is 23.2 Å². The summed E-state index contributed by atoms with van der Waals surface area (Å²) < 4.78 is 18.9. The van der Waals surface area contributed by atoms with E-state index in [1.807, 2.05) is 0 Å². The molecule has 1 aromatic carbocycles. The summed E-state index contributed by atoms with van der Waals surface area (Å²) in [5.41, 5.74) is -0.416. The quantitative estimate of drug-likeness (QED) is 0.819. The minimum absolute atomic E-state index is 0.0159. The molecule has 2 rings (SSSR count). The number of methoxy groups -OCH3 is 1. The number of anilines is 2. The first-order valence-corrected chi connectivity index (χ1v) is 6.60. The van der Waals surface area contributed by atoms with Crippen LogP contribution in [0.2, 0.25) is 0 Å². The lowest BCUT2D eigenvalue weighted by molar-refractivity contribution is -0.148. The fourth-order valence-corrected chi connectivity index (χ4v) is 2.15. The molecule has 1 fully saturated rings. The van der Waals surface area contributed by atoms with Crippen molar-refractivity contribution in [2.24, 2.45) is 0 Å². The second-order valence-electron chi connectivity index (χ2n) is 4.89. The maximum absolute atomic E-state index is 13.6. The van der Waals surface area contributed by atoms with Crippen molar-refractivity contribution in [1.82, 2.24) is 0 Å². The van der Waals surface area contributed by atoms with Gasteiger partial charge in [0.15, 0.2) is 0 Å². The second-order valence-corrected chi connectivity index (χ2v) is 4.89. The van der Waals surface area contributed by atoms with Crippen molar-refractivity contribution in [2.75, 3.05) is 17.7 Å². The molecule has 0 atom stereocenters. The van der Waals surface area contributed by atoms with Crippen LogP contribution in [-0.2, 0) is 14.3 Å². The first-order chi connectivity index (χ1) is 10.0. The van der Waals surface area contributed by atoms with Crippen LogP contribution in [-0.4, -0.2) is 24.5 Å². The number of carbonyl (C=O) groups excluding carboxylic acids is 2. The molecule has 1 saturated carbocycles. The summed E-state index contributed by atoms with van der Waals surface area (Å²) >= 11 is 0. The van der Waals surface area contributed by atoms with Gasteiger partial charge in [0.1, 0.15) is 11.4 Å². The Morgan fingerprint density at radius 1 is 1.38 bits per heavy atom. The van der Waals surface area contributed by atoms with Gasteiger partial charge in [-0.3, -0.25) is 9.59 Å². The first kappa shape index (κ1) is 15.2. The molecule has 21 heavy (non-hydrogen) atoms. The standard InChI is InChI=1S/C15H17FN2O3/c1-3-13(19)18-12-9-10(5-6-11(12)16)17-14(20)15(21-2)7-4-8-15/h3,5-6,9H,1,4,7-8H2,2H3,(H,17,20)(H,18,19). The Hall–Kier alpha value is -2.21. The van der Waals surface area contributed by atoms with E-state index < -0.39 is 17.3 Å². The van der Waals surface area contributed by atoms with E-state index in [9.17, 15) is 14.0 Å². The monoisotopic (exact) mass is 292 g/mol. The molecular weight excluding hydrogens is 275 g/mol. The highest BCUT2D eigenvalue weighted by Crippen LogP contribution is 2.36. The highest BCUT2D eigenvalue weighted by molar-refractivity contribution is 6.01. The van der Waals surface area contributed by atoms with Crippen molar-refractivity contribution in [3.8, 4) is 0 Å². The van der Waals surface area contributed by atoms with Crippen LogP contribution in [0.1, 0.15) is 19.3 Å². The Labute approximate surface area is 122 Å². The molecule has 0 aliphatic heterocycles. The van der Waals surface area contributed by atoms with Crippen molar-refractivity contribution in [3.63, 3.8) is 0 Å². The van der Waals surface area contributed by atoms with Crippen LogP contribution in [0.5, 0.6) is 0 Å². The maximum Gasteiger partial charge on any atom is 0.256 e. The zero-order valence-electron chi connectivity index (χ0n) is 11.7. The van der Waals surface area contributed by atoms with Gasteiger partial charge in [0.2, 0.25) is 5.91 Å². The molecule has 1 aromatic rings. The summed E-state index contributed by atoms with van der Waals surface area (Å²) in [6.07, 6.45) is 3.30. The Morgan fingerprint density at radius 3 is 2.62 bits per heavy atom. The van der Waals surface area contributed by atoms with Crippen LogP contribution in [0.4, 0.5) is 15.8 Å². The molecule has 0 aromatic heterocycles. The minimum Gasteiger partial charge on any atom is -0.368 e. The van der Waals surface area contributed by atoms with Crippen LogP contribution in [0.15, 0.2) is 30.9 Å². The molecule has 0 saturated heterocycles. The van der Waals surface area contributed by atoms with Crippen LogP contribution >= 0.6 is 0 Å².